The molecule has 136 valence electrons. The summed E-state index contributed by atoms with van der Waals surface area (Å²) in [7, 11) is 3.73. The normalized spacial score (nSPS) is 14.0. The van der Waals surface area contributed by atoms with Crippen molar-refractivity contribution in [3.8, 4) is 11.5 Å². The van der Waals surface area contributed by atoms with Crippen molar-refractivity contribution in [2.75, 3.05) is 58.9 Å². The standard InChI is InChI=1S/C16H26N4O3.HI/c1-20(8-11-21-2)7-6-18-16(17)19-13-4-5-14-15(12-13)23-10-3-9-22-14;/h4-5,12H,3,6-11H2,1-2H3,(H3,17,18,19);1H. The van der Waals surface area contributed by atoms with Crippen LogP contribution in [0.25, 0.3) is 0 Å². The molecule has 0 unspecified atom stereocenters. The van der Waals surface area contributed by atoms with Gasteiger partial charge < -0.3 is 30.2 Å². The number of anilines is 1. The predicted molar refractivity (Wildman–Crippen MR) is 107 cm³/mol. The highest BCUT2D eigenvalue weighted by Crippen LogP contribution is 2.32. The zero-order valence-electron chi connectivity index (χ0n) is 14.3. The molecule has 1 aromatic carbocycles. The first-order valence-electron chi connectivity index (χ1n) is 7.83. The molecule has 0 fully saturated rings. The van der Waals surface area contributed by atoms with E-state index < -0.39 is 0 Å². The molecular formula is C16H27IN4O3. The lowest BCUT2D eigenvalue weighted by Crippen LogP contribution is -2.28. The molecule has 0 radical (unpaired) electrons. The summed E-state index contributed by atoms with van der Waals surface area (Å²) in [6.45, 7) is 4.39. The second kappa shape index (κ2) is 11.3. The maximum atomic E-state index is 5.92. The molecule has 0 saturated heterocycles. The monoisotopic (exact) mass is 450 g/mol. The molecule has 0 spiro atoms. The fourth-order valence-electron chi connectivity index (χ4n) is 2.13. The summed E-state index contributed by atoms with van der Waals surface area (Å²) in [4.78, 5) is 6.47. The molecule has 2 rings (SSSR count). The average molecular weight is 450 g/mol. The van der Waals surface area contributed by atoms with Crippen LogP contribution >= 0.6 is 24.0 Å². The Kier molecular flexibility index (Phi) is 9.80. The second-order valence-electron chi connectivity index (χ2n) is 5.40. The number of nitrogens with two attached hydrogens (primary N) is 1. The molecule has 0 aromatic heterocycles. The molecule has 8 heteroatoms. The van der Waals surface area contributed by atoms with Gasteiger partial charge in [0, 0.05) is 38.4 Å². The predicted octanol–water partition coefficient (Wildman–Crippen LogP) is 1.77. The van der Waals surface area contributed by atoms with Crippen molar-refractivity contribution in [3.05, 3.63) is 18.2 Å². The Morgan fingerprint density at radius 1 is 1.29 bits per heavy atom. The van der Waals surface area contributed by atoms with E-state index in [0.29, 0.717) is 32.3 Å². The van der Waals surface area contributed by atoms with Crippen molar-refractivity contribution in [3.63, 3.8) is 0 Å². The Morgan fingerprint density at radius 3 is 2.79 bits per heavy atom. The highest BCUT2D eigenvalue weighted by atomic mass is 127. The number of likely N-dealkylation sites (N-methyl/N-ethyl adjacent to an activating group) is 1. The quantitative estimate of drug-likeness (QED) is 0.375. The SMILES string of the molecule is COCCN(C)CCN=C(N)Nc1ccc2c(c1)OCCCO2.I. The van der Waals surface area contributed by atoms with Gasteiger partial charge in [0.25, 0.3) is 0 Å². The van der Waals surface area contributed by atoms with E-state index in [4.69, 9.17) is 19.9 Å². The third kappa shape index (κ3) is 7.10. The van der Waals surface area contributed by atoms with Gasteiger partial charge in [-0.3, -0.25) is 4.99 Å². The van der Waals surface area contributed by atoms with Gasteiger partial charge in [-0.05, 0) is 19.2 Å². The number of hydrogen-bond donors (Lipinski definition) is 2. The zero-order chi connectivity index (χ0) is 16.5. The van der Waals surface area contributed by atoms with Crippen LogP contribution in [0.5, 0.6) is 11.5 Å². The van der Waals surface area contributed by atoms with Gasteiger partial charge in [-0.2, -0.15) is 0 Å². The van der Waals surface area contributed by atoms with Gasteiger partial charge >= 0.3 is 0 Å². The Labute approximate surface area is 160 Å². The number of rotatable bonds is 7. The van der Waals surface area contributed by atoms with E-state index in [1.54, 1.807) is 7.11 Å². The summed E-state index contributed by atoms with van der Waals surface area (Å²) < 4.78 is 16.3. The van der Waals surface area contributed by atoms with Gasteiger partial charge in [0.1, 0.15) is 0 Å². The second-order valence-corrected chi connectivity index (χ2v) is 5.40. The largest absolute Gasteiger partial charge is 0.490 e. The van der Waals surface area contributed by atoms with Gasteiger partial charge in [0.2, 0.25) is 0 Å². The summed E-state index contributed by atoms with van der Waals surface area (Å²) in [5, 5.41) is 3.08. The third-order valence-electron chi connectivity index (χ3n) is 3.46. The van der Waals surface area contributed by atoms with E-state index >= 15 is 0 Å². The van der Waals surface area contributed by atoms with Gasteiger partial charge in [-0.25, -0.2) is 0 Å². The number of benzene rings is 1. The van der Waals surface area contributed by atoms with Crippen molar-refractivity contribution in [1.29, 1.82) is 0 Å². The summed E-state index contributed by atoms with van der Waals surface area (Å²) in [5.41, 5.74) is 6.76. The van der Waals surface area contributed by atoms with Gasteiger partial charge in [0.15, 0.2) is 17.5 Å². The van der Waals surface area contributed by atoms with E-state index in [1.807, 2.05) is 25.2 Å². The summed E-state index contributed by atoms with van der Waals surface area (Å²) >= 11 is 0. The molecule has 3 N–H and O–H groups in total. The lowest BCUT2D eigenvalue weighted by molar-refractivity contribution is 0.163. The van der Waals surface area contributed by atoms with E-state index in [0.717, 1.165) is 36.7 Å². The zero-order valence-corrected chi connectivity index (χ0v) is 16.6. The first-order valence-corrected chi connectivity index (χ1v) is 7.83. The van der Waals surface area contributed by atoms with Crippen LogP contribution in [0, 0.1) is 0 Å². The maximum absolute atomic E-state index is 5.92. The van der Waals surface area contributed by atoms with Crippen molar-refractivity contribution < 1.29 is 14.2 Å². The van der Waals surface area contributed by atoms with E-state index in [1.165, 1.54) is 0 Å². The molecule has 7 nitrogen and oxygen atoms in total. The van der Waals surface area contributed by atoms with Gasteiger partial charge in [0.05, 0.1) is 26.4 Å². The van der Waals surface area contributed by atoms with E-state index in [-0.39, 0.29) is 24.0 Å². The van der Waals surface area contributed by atoms with E-state index in [2.05, 4.69) is 15.2 Å². The molecule has 0 aliphatic carbocycles. The minimum Gasteiger partial charge on any atom is -0.490 e. The topological polar surface area (TPSA) is 81.3 Å². The highest BCUT2D eigenvalue weighted by Gasteiger charge is 2.10. The summed E-state index contributed by atoms with van der Waals surface area (Å²) in [6, 6.07) is 5.67. The first kappa shape index (κ1) is 20.8. The maximum Gasteiger partial charge on any atom is 0.193 e. The smallest absolute Gasteiger partial charge is 0.193 e. The number of halogens is 1. The Bertz CT molecular complexity index is 528. The Balaban J connectivity index is 0.00000288. The number of guanidine groups is 1. The molecule has 0 bridgehead atoms. The number of ether oxygens (including phenoxy) is 3. The van der Waals surface area contributed by atoms with Crippen molar-refractivity contribution >= 4 is 35.6 Å². The summed E-state index contributed by atoms with van der Waals surface area (Å²) in [5.74, 6) is 1.89. The highest BCUT2D eigenvalue weighted by molar-refractivity contribution is 14.0. The number of nitrogens with one attached hydrogen (secondary N) is 1. The number of aliphatic imine (C=N–C) groups is 1. The van der Waals surface area contributed by atoms with Crippen molar-refractivity contribution in [2.45, 2.75) is 6.42 Å². The molecule has 0 atom stereocenters. The van der Waals surface area contributed by atoms with Crippen molar-refractivity contribution in [2.24, 2.45) is 10.7 Å². The molecule has 0 saturated carbocycles. The fourth-order valence-corrected chi connectivity index (χ4v) is 2.13. The minimum absolute atomic E-state index is 0. The molecule has 1 aromatic rings. The van der Waals surface area contributed by atoms with Gasteiger partial charge in [-0.15, -0.1) is 24.0 Å². The average Bonchev–Trinajstić information content (AvgIpc) is 2.77. The van der Waals surface area contributed by atoms with Crippen LogP contribution in [0.4, 0.5) is 5.69 Å². The van der Waals surface area contributed by atoms with Crippen LogP contribution in [-0.2, 0) is 4.74 Å². The van der Waals surface area contributed by atoms with Crippen LogP contribution in [-0.4, -0.2) is 64.5 Å². The lowest BCUT2D eigenvalue weighted by Gasteiger charge is -2.14. The molecule has 1 aliphatic heterocycles. The van der Waals surface area contributed by atoms with Crippen LogP contribution in [0.1, 0.15) is 6.42 Å². The molecular weight excluding hydrogens is 423 g/mol. The summed E-state index contributed by atoms with van der Waals surface area (Å²) in [6.07, 6.45) is 0.887. The minimum atomic E-state index is 0. The molecule has 1 heterocycles. The van der Waals surface area contributed by atoms with Crippen LogP contribution < -0.4 is 20.5 Å². The number of hydrogen-bond acceptors (Lipinski definition) is 5. The third-order valence-corrected chi connectivity index (χ3v) is 3.46. The fraction of sp³-hybridized carbons (Fsp3) is 0.562. The van der Waals surface area contributed by atoms with Crippen LogP contribution in [0.15, 0.2) is 23.2 Å². The van der Waals surface area contributed by atoms with Crippen LogP contribution in [0.2, 0.25) is 0 Å². The Hall–Kier alpha value is -1.26. The number of methoxy groups -OCH3 is 1. The molecule has 24 heavy (non-hydrogen) atoms. The first-order chi connectivity index (χ1) is 11.2. The van der Waals surface area contributed by atoms with Crippen molar-refractivity contribution in [1.82, 2.24) is 4.90 Å². The lowest BCUT2D eigenvalue weighted by atomic mass is 10.3. The number of nitrogens with zero attached hydrogens (tertiary/aromatic N) is 2. The Morgan fingerprint density at radius 2 is 2.04 bits per heavy atom. The van der Waals surface area contributed by atoms with E-state index in [9.17, 15) is 0 Å². The van der Waals surface area contributed by atoms with Crippen LogP contribution in [0.3, 0.4) is 0 Å². The molecule has 1 aliphatic rings. The van der Waals surface area contributed by atoms with Gasteiger partial charge in [-0.1, -0.05) is 0 Å². The molecule has 0 amide bonds. The number of fused-ring (bicyclic) bond motifs is 1.